The fraction of sp³-hybridized carbons (Fsp3) is 0.643. The zero-order valence-electron chi connectivity index (χ0n) is 12.0. The van der Waals surface area contributed by atoms with Gasteiger partial charge in [-0.05, 0) is 26.3 Å². The van der Waals surface area contributed by atoms with Crippen molar-refractivity contribution >= 4 is 5.91 Å². The Balaban J connectivity index is 2.25. The summed E-state index contributed by atoms with van der Waals surface area (Å²) in [5, 5.41) is 9.42. The van der Waals surface area contributed by atoms with E-state index >= 15 is 0 Å². The van der Waals surface area contributed by atoms with Gasteiger partial charge < -0.3 is 19.3 Å². The molecule has 0 aromatic carbocycles. The number of ether oxygens (including phenoxy) is 1. The van der Waals surface area contributed by atoms with Crippen LogP contribution in [0.4, 0.5) is 0 Å². The first-order valence-electron chi connectivity index (χ1n) is 6.57. The maximum Gasteiger partial charge on any atom is 0.256 e. The Bertz CT molecular complexity index is 481. The Hall–Kier alpha value is -1.33. The van der Waals surface area contributed by atoms with Crippen molar-refractivity contribution in [1.82, 2.24) is 9.47 Å². The van der Waals surface area contributed by atoms with Crippen LogP contribution in [-0.4, -0.2) is 52.9 Å². The predicted molar refractivity (Wildman–Crippen MR) is 72.2 cm³/mol. The average Bonchev–Trinajstić information content (AvgIpc) is 2.94. The number of amides is 1. The lowest BCUT2D eigenvalue weighted by Gasteiger charge is -2.22. The van der Waals surface area contributed by atoms with Crippen LogP contribution in [0.3, 0.4) is 0 Å². The molecular weight excluding hydrogens is 244 g/mol. The highest BCUT2D eigenvalue weighted by Crippen LogP contribution is 2.24. The van der Waals surface area contributed by atoms with Gasteiger partial charge in [-0.2, -0.15) is 0 Å². The highest BCUT2D eigenvalue weighted by Gasteiger charge is 2.36. The molecule has 1 aromatic rings. The molecule has 1 aliphatic rings. The van der Waals surface area contributed by atoms with Gasteiger partial charge in [0.15, 0.2) is 0 Å². The molecule has 0 spiro atoms. The summed E-state index contributed by atoms with van der Waals surface area (Å²) >= 11 is 0. The summed E-state index contributed by atoms with van der Waals surface area (Å²) in [5.41, 5.74) is 2.74. The van der Waals surface area contributed by atoms with E-state index in [1.54, 1.807) is 12.0 Å². The number of methoxy groups -OCH3 is 1. The second-order valence-electron chi connectivity index (χ2n) is 5.23. The van der Waals surface area contributed by atoms with Crippen molar-refractivity contribution in [2.75, 3.05) is 20.3 Å². The lowest BCUT2D eigenvalue weighted by molar-refractivity contribution is 0.0647. The Morgan fingerprint density at radius 1 is 1.53 bits per heavy atom. The zero-order chi connectivity index (χ0) is 14.2. The van der Waals surface area contributed by atoms with Gasteiger partial charge in [0.2, 0.25) is 0 Å². The van der Waals surface area contributed by atoms with Crippen LogP contribution in [0.1, 0.15) is 28.2 Å². The van der Waals surface area contributed by atoms with Gasteiger partial charge in [-0.15, -0.1) is 0 Å². The Labute approximate surface area is 113 Å². The van der Waals surface area contributed by atoms with E-state index in [2.05, 4.69) is 0 Å². The van der Waals surface area contributed by atoms with Crippen LogP contribution >= 0.6 is 0 Å². The molecule has 0 saturated carbocycles. The molecule has 2 heterocycles. The topological polar surface area (TPSA) is 54.7 Å². The highest BCUT2D eigenvalue weighted by atomic mass is 16.5. The maximum absolute atomic E-state index is 12.6. The van der Waals surface area contributed by atoms with E-state index < -0.39 is 0 Å². The number of rotatable bonds is 3. The van der Waals surface area contributed by atoms with Crippen molar-refractivity contribution < 1.29 is 14.6 Å². The Morgan fingerprint density at radius 3 is 2.68 bits per heavy atom. The molecule has 19 heavy (non-hydrogen) atoms. The van der Waals surface area contributed by atoms with Crippen LogP contribution in [-0.2, 0) is 11.8 Å². The van der Waals surface area contributed by atoms with Gasteiger partial charge in [-0.25, -0.2) is 0 Å². The zero-order valence-corrected chi connectivity index (χ0v) is 12.0. The summed E-state index contributed by atoms with van der Waals surface area (Å²) < 4.78 is 7.31. The summed E-state index contributed by atoms with van der Waals surface area (Å²) in [6, 6.07) is 1.77. The molecule has 0 bridgehead atoms. The second-order valence-corrected chi connectivity index (χ2v) is 5.23. The van der Waals surface area contributed by atoms with Crippen LogP contribution in [0.15, 0.2) is 6.07 Å². The van der Waals surface area contributed by atoms with Crippen molar-refractivity contribution in [3.8, 4) is 0 Å². The van der Waals surface area contributed by atoms with E-state index in [0.29, 0.717) is 13.0 Å². The molecule has 1 N–H and O–H groups in total. The molecule has 0 radical (unpaired) electrons. The summed E-state index contributed by atoms with van der Waals surface area (Å²) in [5.74, 6) is -0.0141. The van der Waals surface area contributed by atoms with Crippen LogP contribution in [0.5, 0.6) is 0 Å². The van der Waals surface area contributed by atoms with Gasteiger partial charge in [0.25, 0.3) is 5.91 Å². The number of aliphatic hydroxyl groups is 1. The van der Waals surface area contributed by atoms with E-state index in [1.807, 2.05) is 31.5 Å². The van der Waals surface area contributed by atoms with Gasteiger partial charge in [0.1, 0.15) is 0 Å². The number of aryl methyl sites for hydroxylation is 1. The van der Waals surface area contributed by atoms with E-state index in [0.717, 1.165) is 17.0 Å². The number of carbonyl (C=O) groups excluding carboxylic acids is 1. The van der Waals surface area contributed by atoms with Gasteiger partial charge in [0.05, 0.1) is 24.3 Å². The second kappa shape index (κ2) is 5.35. The number of likely N-dealkylation sites (tertiary alicyclic amines) is 1. The molecule has 1 amide bonds. The molecule has 106 valence electrons. The summed E-state index contributed by atoms with van der Waals surface area (Å²) in [7, 11) is 3.60. The third kappa shape index (κ3) is 2.40. The standard InChI is InChI=1S/C14H22N2O3/c1-9-5-13(10(2)15(9)3)14(18)16-7-12(19-4)6-11(16)8-17/h5,11-12,17H,6-8H2,1-4H3/t11-,12+/m0/s1. The van der Waals surface area contributed by atoms with Crippen molar-refractivity contribution in [3.63, 3.8) is 0 Å². The number of hydrogen-bond acceptors (Lipinski definition) is 3. The molecular formula is C14H22N2O3. The van der Waals surface area contributed by atoms with Crippen molar-refractivity contribution in [3.05, 3.63) is 23.0 Å². The molecule has 1 aromatic heterocycles. The van der Waals surface area contributed by atoms with Crippen LogP contribution in [0.25, 0.3) is 0 Å². The quantitative estimate of drug-likeness (QED) is 0.883. The first-order valence-corrected chi connectivity index (χ1v) is 6.57. The van der Waals surface area contributed by atoms with Crippen LogP contribution in [0.2, 0.25) is 0 Å². The monoisotopic (exact) mass is 266 g/mol. The molecule has 1 aliphatic heterocycles. The third-order valence-electron chi connectivity index (χ3n) is 4.19. The van der Waals surface area contributed by atoms with Gasteiger partial charge in [-0.3, -0.25) is 4.79 Å². The molecule has 2 rings (SSSR count). The number of carbonyl (C=O) groups is 1. The molecule has 5 nitrogen and oxygen atoms in total. The molecule has 1 saturated heterocycles. The highest BCUT2D eigenvalue weighted by molar-refractivity contribution is 5.96. The average molecular weight is 266 g/mol. The summed E-state index contributed by atoms with van der Waals surface area (Å²) in [6.07, 6.45) is 0.718. The van der Waals surface area contributed by atoms with Gasteiger partial charge in [-0.1, -0.05) is 0 Å². The predicted octanol–water partition coefficient (Wildman–Crippen LogP) is 0.864. The lowest BCUT2D eigenvalue weighted by Crippen LogP contribution is -2.38. The lowest BCUT2D eigenvalue weighted by atomic mass is 10.2. The normalized spacial score (nSPS) is 23.1. The molecule has 0 aliphatic carbocycles. The van der Waals surface area contributed by atoms with E-state index in [-0.39, 0.29) is 24.7 Å². The first kappa shape index (κ1) is 14.1. The minimum Gasteiger partial charge on any atom is -0.394 e. The number of hydrogen-bond donors (Lipinski definition) is 1. The summed E-state index contributed by atoms with van der Waals surface area (Å²) in [6.45, 7) is 4.46. The van der Waals surface area contributed by atoms with Crippen molar-refractivity contribution in [2.24, 2.45) is 7.05 Å². The summed E-state index contributed by atoms with van der Waals surface area (Å²) in [4.78, 5) is 14.3. The van der Waals surface area contributed by atoms with Gasteiger partial charge in [0, 0.05) is 32.1 Å². The van der Waals surface area contributed by atoms with Crippen LogP contribution < -0.4 is 0 Å². The van der Waals surface area contributed by atoms with Crippen LogP contribution in [0, 0.1) is 13.8 Å². The van der Waals surface area contributed by atoms with E-state index in [1.165, 1.54) is 0 Å². The third-order valence-corrected chi connectivity index (χ3v) is 4.19. The van der Waals surface area contributed by atoms with E-state index in [4.69, 9.17) is 4.74 Å². The Kier molecular flexibility index (Phi) is 3.96. The fourth-order valence-corrected chi connectivity index (χ4v) is 2.69. The Morgan fingerprint density at radius 2 is 2.21 bits per heavy atom. The number of nitrogens with zero attached hydrogens (tertiary/aromatic N) is 2. The van der Waals surface area contributed by atoms with E-state index in [9.17, 15) is 9.90 Å². The maximum atomic E-state index is 12.6. The molecule has 5 heteroatoms. The largest absolute Gasteiger partial charge is 0.394 e. The molecule has 2 atom stereocenters. The SMILES string of the molecule is CO[C@@H]1C[C@@H](CO)N(C(=O)c2cc(C)n(C)c2C)C1. The number of aromatic nitrogens is 1. The fourth-order valence-electron chi connectivity index (χ4n) is 2.69. The number of aliphatic hydroxyl groups excluding tert-OH is 1. The first-order chi connectivity index (χ1) is 8.99. The minimum atomic E-state index is -0.141. The van der Waals surface area contributed by atoms with Crippen molar-refractivity contribution in [2.45, 2.75) is 32.4 Å². The van der Waals surface area contributed by atoms with Crippen molar-refractivity contribution in [1.29, 1.82) is 0 Å². The molecule has 0 unspecified atom stereocenters. The minimum absolute atomic E-state index is 0.0141. The smallest absolute Gasteiger partial charge is 0.256 e. The van der Waals surface area contributed by atoms with Gasteiger partial charge >= 0.3 is 0 Å². The molecule has 1 fully saturated rings.